The molecule has 3 heteroatoms. The second-order valence-electron chi connectivity index (χ2n) is 2.92. The van der Waals surface area contributed by atoms with Gasteiger partial charge in [0.2, 0.25) is 0 Å². The minimum absolute atomic E-state index is 0.0663. The summed E-state index contributed by atoms with van der Waals surface area (Å²) in [5.41, 5.74) is 0.716. The van der Waals surface area contributed by atoms with Gasteiger partial charge in [0.05, 0.1) is 11.4 Å². The number of Topliss-reactive ketones (excluding diaryl/α,β-unsaturated/α-hetero) is 1. The van der Waals surface area contributed by atoms with Gasteiger partial charge >= 0.3 is 0 Å². The van der Waals surface area contributed by atoms with Gasteiger partial charge in [0.25, 0.3) is 0 Å². The molecule has 1 aromatic carbocycles. The molecule has 0 saturated heterocycles. The minimum atomic E-state index is 0.0663. The van der Waals surface area contributed by atoms with Crippen LogP contribution in [0.1, 0.15) is 23.7 Å². The smallest absolute Gasteiger partial charge is 0.169 e. The van der Waals surface area contributed by atoms with Crippen LogP contribution in [-0.2, 0) is 0 Å². The van der Waals surface area contributed by atoms with Gasteiger partial charge in [-0.15, -0.1) is 0 Å². The summed E-state index contributed by atoms with van der Waals surface area (Å²) in [6.45, 7) is 2.72. The molecule has 0 bridgehead atoms. The highest BCUT2D eigenvalue weighted by Crippen LogP contribution is 2.03. The average Bonchev–Trinajstić information content (AvgIpc) is 2.19. The van der Waals surface area contributed by atoms with Crippen LogP contribution in [0.25, 0.3) is 0 Å². The van der Waals surface area contributed by atoms with Crippen LogP contribution in [0.3, 0.4) is 0 Å². The molecule has 1 N–H and O–H groups in total. The van der Waals surface area contributed by atoms with Crippen LogP contribution < -0.4 is 5.32 Å². The lowest BCUT2D eigenvalue weighted by Gasteiger charge is -2.03. The van der Waals surface area contributed by atoms with Gasteiger partial charge in [-0.05, 0) is 6.92 Å². The fourth-order valence-electron chi connectivity index (χ4n) is 1.13. The molecule has 0 unspecified atom stereocenters. The zero-order valence-corrected chi connectivity index (χ0v) is 8.93. The SMILES string of the molecule is CCNC(=S)CC(=O)c1ccccc1. The van der Waals surface area contributed by atoms with Crippen molar-refractivity contribution in [3.63, 3.8) is 0 Å². The molecular weight excluding hydrogens is 194 g/mol. The third-order valence-electron chi connectivity index (χ3n) is 1.79. The van der Waals surface area contributed by atoms with Crippen molar-refractivity contribution >= 4 is 23.0 Å². The van der Waals surface area contributed by atoms with Crippen LogP contribution >= 0.6 is 12.2 Å². The number of ketones is 1. The molecule has 0 aliphatic carbocycles. The van der Waals surface area contributed by atoms with Crippen LogP contribution in [0.2, 0.25) is 0 Å². The first-order valence-electron chi connectivity index (χ1n) is 4.59. The molecular formula is C11H13NOS. The molecule has 74 valence electrons. The average molecular weight is 207 g/mol. The molecule has 0 aliphatic rings. The Kier molecular flexibility index (Phi) is 4.26. The molecule has 0 heterocycles. The Bertz CT molecular complexity index is 321. The number of rotatable bonds is 4. The Labute approximate surface area is 89.3 Å². The van der Waals surface area contributed by atoms with E-state index < -0.39 is 0 Å². The predicted octanol–water partition coefficient (Wildman–Crippen LogP) is 2.20. The Hall–Kier alpha value is -1.22. The Morgan fingerprint density at radius 1 is 1.36 bits per heavy atom. The second-order valence-corrected chi connectivity index (χ2v) is 3.41. The second kappa shape index (κ2) is 5.50. The molecule has 0 fully saturated rings. The van der Waals surface area contributed by atoms with Crippen molar-refractivity contribution in [2.75, 3.05) is 6.54 Å². The number of carbonyl (C=O) groups is 1. The first kappa shape index (κ1) is 10.9. The summed E-state index contributed by atoms with van der Waals surface area (Å²) in [5.74, 6) is 0.0663. The van der Waals surface area contributed by atoms with Gasteiger partial charge in [-0.25, -0.2) is 0 Å². The minimum Gasteiger partial charge on any atom is -0.380 e. The summed E-state index contributed by atoms with van der Waals surface area (Å²) >= 11 is 5.00. The van der Waals surface area contributed by atoms with Crippen molar-refractivity contribution in [1.29, 1.82) is 0 Å². The van der Waals surface area contributed by atoms with Crippen molar-refractivity contribution < 1.29 is 4.79 Å². The molecule has 1 aromatic rings. The molecule has 1 rings (SSSR count). The van der Waals surface area contributed by atoms with Crippen LogP contribution in [-0.4, -0.2) is 17.3 Å². The van der Waals surface area contributed by atoms with Crippen molar-refractivity contribution in [2.45, 2.75) is 13.3 Å². The van der Waals surface area contributed by atoms with E-state index >= 15 is 0 Å². The molecule has 0 aliphatic heterocycles. The fraction of sp³-hybridized carbons (Fsp3) is 0.273. The van der Waals surface area contributed by atoms with E-state index in [1.54, 1.807) is 12.1 Å². The topological polar surface area (TPSA) is 29.1 Å². The third kappa shape index (κ3) is 3.26. The molecule has 0 saturated carbocycles. The molecule has 0 spiro atoms. The highest BCUT2D eigenvalue weighted by atomic mass is 32.1. The molecule has 0 amide bonds. The lowest BCUT2D eigenvalue weighted by Crippen LogP contribution is -2.23. The lowest BCUT2D eigenvalue weighted by atomic mass is 10.1. The van der Waals surface area contributed by atoms with Crippen LogP contribution in [0, 0.1) is 0 Å². The first-order chi connectivity index (χ1) is 6.74. The number of hydrogen-bond acceptors (Lipinski definition) is 2. The van der Waals surface area contributed by atoms with Gasteiger partial charge in [-0.3, -0.25) is 4.79 Å². The van der Waals surface area contributed by atoms with Gasteiger partial charge in [-0.1, -0.05) is 42.5 Å². The Morgan fingerprint density at radius 2 is 2.00 bits per heavy atom. The molecule has 0 atom stereocenters. The van der Waals surface area contributed by atoms with Crippen molar-refractivity contribution in [1.82, 2.24) is 5.32 Å². The number of nitrogens with one attached hydrogen (secondary N) is 1. The lowest BCUT2D eigenvalue weighted by molar-refractivity contribution is 0.100. The molecule has 0 radical (unpaired) electrons. The maximum atomic E-state index is 11.6. The van der Waals surface area contributed by atoms with Gasteiger partial charge in [0, 0.05) is 12.1 Å². The maximum absolute atomic E-state index is 11.6. The summed E-state index contributed by atoms with van der Waals surface area (Å²) in [6, 6.07) is 9.19. The normalized spacial score (nSPS) is 9.50. The summed E-state index contributed by atoms with van der Waals surface area (Å²) in [4.78, 5) is 12.2. The largest absolute Gasteiger partial charge is 0.380 e. The van der Waals surface area contributed by atoms with E-state index in [0.717, 1.165) is 6.54 Å². The number of thiocarbonyl (C=S) groups is 1. The van der Waals surface area contributed by atoms with E-state index in [2.05, 4.69) is 5.32 Å². The van der Waals surface area contributed by atoms with E-state index in [-0.39, 0.29) is 5.78 Å². The standard InChI is InChI=1S/C11H13NOS/c1-2-12-11(14)8-10(13)9-6-4-3-5-7-9/h3-7H,2,8H2,1H3,(H,12,14). The highest BCUT2D eigenvalue weighted by Gasteiger charge is 2.06. The highest BCUT2D eigenvalue weighted by molar-refractivity contribution is 7.80. The van der Waals surface area contributed by atoms with Crippen LogP contribution in [0.5, 0.6) is 0 Å². The van der Waals surface area contributed by atoms with E-state index in [4.69, 9.17) is 12.2 Å². The Morgan fingerprint density at radius 3 is 2.57 bits per heavy atom. The van der Waals surface area contributed by atoms with Crippen molar-refractivity contribution in [3.05, 3.63) is 35.9 Å². The zero-order chi connectivity index (χ0) is 10.4. The molecule has 14 heavy (non-hydrogen) atoms. The van der Waals surface area contributed by atoms with Gasteiger partial charge in [0.15, 0.2) is 5.78 Å². The van der Waals surface area contributed by atoms with Crippen LogP contribution in [0.15, 0.2) is 30.3 Å². The fourth-order valence-corrected chi connectivity index (χ4v) is 1.41. The Balaban J connectivity index is 2.55. The zero-order valence-electron chi connectivity index (χ0n) is 8.12. The molecule has 2 nitrogen and oxygen atoms in total. The summed E-state index contributed by atoms with van der Waals surface area (Å²) < 4.78 is 0. The van der Waals surface area contributed by atoms with Gasteiger partial charge < -0.3 is 5.32 Å². The van der Waals surface area contributed by atoms with Gasteiger partial charge in [0.1, 0.15) is 0 Å². The van der Waals surface area contributed by atoms with Crippen molar-refractivity contribution in [3.8, 4) is 0 Å². The monoisotopic (exact) mass is 207 g/mol. The van der Waals surface area contributed by atoms with E-state index in [0.29, 0.717) is 17.0 Å². The van der Waals surface area contributed by atoms with Gasteiger partial charge in [-0.2, -0.15) is 0 Å². The van der Waals surface area contributed by atoms with E-state index in [1.807, 2.05) is 25.1 Å². The predicted molar refractivity (Wildman–Crippen MR) is 61.7 cm³/mol. The summed E-state index contributed by atoms with van der Waals surface area (Å²) in [6.07, 6.45) is 0.299. The number of benzene rings is 1. The number of hydrogen-bond donors (Lipinski definition) is 1. The third-order valence-corrected chi connectivity index (χ3v) is 2.08. The molecule has 0 aromatic heterocycles. The summed E-state index contributed by atoms with van der Waals surface area (Å²) in [5, 5.41) is 2.96. The van der Waals surface area contributed by atoms with E-state index in [9.17, 15) is 4.79 Å². The van der Waals surface area contributed by atoms with Crippen molar-refractivity contribution in [2.24, 2.45) is 0 Å². The maximum Gasteiger partial charge on any atom is 0.169 e. The number of carbonyl (C=O) groups excluding carboxylic acids is 1. The van der Waals surface area contributed by atoms with E-state index in [1.165, 1.54) is 0 Å². The quantitative estimate of drug-likeness (QED) is 0.606. The first-order valence-corrected chi connectivity index (χ1v) is 4.99. The summed E-state index contributed by atoms with van der Waals surface area (Å²) in [7, 11) is 0. The van der Waals surface area contributed by atoms with Crippen LogP contribution in [0.4, 0.5) is 0 Å².